The van der Waals surface area contributed by atoms with E-state index in [4.69, 9.17) is 0 Å². The number of pyridine rings is 1. The van der Waals surface area contributed by atoms with Gasteiger partial charge in [0.2, 0.25) is 0 Å². The van der Waals surface area contributed by atoms with E-state index in [2.05, 4.69) is 41.5 Å². The van der Waals surface area contributed by atoms with E-state index < -0.39 is 0 Å². The van der Waals surface area contributed by atoms with Crippen molar-refractivity contribution in [3.63, 3.8) is 0 Å². The van der Waals surface area contributed by atoms with Crippen LogP contribution in [0.4, 0.5) is 5.82 Å². The zero-order valence-electron chi connectivity index (χ0n) is 14.3. The molecule has 1 fully saturated rings. The zero-order valence-corrected chi connectivity index (χ0v) is 14.3. The second-order valence-electron chi connectivity index (χ2n) is 6.44. The third-order valence-corrected chi connectivity index (χ3v) is 4.47. The van der Waals surface area contributed by atoms with Gasteiger partial charge in [-0.25, -0.2) is 4.98 Å². The maximum atomic E-state index is 12.4. The Hall–Kier alpha value is -2.36. The highest BCUT2D eigenvalue weighted by Gasteiger charge is 2.19. The molecule has 1 aliphatic rings. The first-order valence-electron chi connectivity index (χ1n) is 8.77. The van der Waals surface area contributed by atoms with Crippen LogP contribution in [-0.4, -0.2) is 35.4 Å². The topological polar surface area (TPSA) is 45.2 Å². The Morgan fingerprint density at radius 1 is 1.17 bits per heavy atom. The van der Waals surface area contributed by atoms with Crippen LogP contribution < -0.4 is 5.32 Å². The minimum Gasteiger partial charge on any atom is -0.370 e. The Kier molecular flexibility index (Phi) is 5.47. The molecule has 4 nitrogen and oxygen atoms in total. The first-order valence-corrected chi connectivity index (χ1v) is 8.77. The largest absolute Gasteiger partial charge is 0.370 e. The third kappa shape index (κ3) is 4.34. The van der Waals surface area contributed by atoms with Gasteiger partial charge in [0.25, 0.3) is 5.91 Å². The van der Waals surface area contributed by atoms with Gasteiger partial charge in [0.05, 0.1) is 0 Å². The summed E-state index contributed by atoms with van der Waals surface area (Å²) in [6.45, 7) is 4.70. The molecule has 2 aromatic rings. The molecule has 0 aliphatic carbocycles. The smallest absolute Gasteiger partial charge is 0.254 e. The number of hydrogen-bond donors (Lipinski definition) is 1. The van der Waals surface area contributed by atoms with Crippen LogP contribution in [0.2, 0.25) is 0 Å². The molecule has 24 heavy (non-hydrogen) atoms. The van der Waals surface area contributed by atoms with Gasteiger partial charge in [-0.15, -0.1) is 0 Å². The van der Waals surface area contributed by atoms with Crippen molar-refractivity contribution in [2.75, 3.05) is 25.0 Å². The fraction of sp³-hybridized carbons (Fsp3) is 0.400. The van der Waals surface area contributed by atoms with Gasteiger partial charge in [0, 0.05) is 31.4 Å². The number of nitrogens with one attached hydrogen (secondary N) is 1. The Bertz CT molecular complexity index is 676. The molecule has 1 aromatic carbocycles. The quantitative estimate of drug-likeness (QED) is 0.825. The SMILES string of the molecule is Cc1ccc(CCCNc2cc(C(=O)N3CCCC3)ccn2)cc1. The molecule has 0 radical (unpaired) electrons. The monoisotopic (exact) mass is 323 g/mol. The molecule has 1 amide bonds. The van der Waals surface area contributed by atoms with E-state index in [9.17, 15) is 4.79 Å². The summed E-state index contributed by atoms with van der Waals surface area (Å²) in [4.78, 5) is 18.7. The third-order valence-electron chi connectivity index (χ3n) is 4.47. The van der Waals surface area contributed by atoms with Crippen molar-refractivity contribution in [3.8, 4) is 0 Å². The number of carbonyl (C=O) groups is 1. The van der Waals surface area contributed by atoms with Crippen molar-refractivity contribution in [2.24, 2.45) is 0 Å². The van der Waals surface area contributed by atoms with E-state index in [1.54, 1.807) is 12.3 Å². The lowest BCUT2D eigenvalue weighted by Gasteiger charge is -2.15. The van der Waals surface area contributed by atoms with E-state index in [0.29, 0.717) is 0 Å². The van der Waals surface area contributed by atoms with Crippen LogP contribution >= 0.6 is 0 Å². The van der Waals surface area contributed by atoms with Crippen molar-refractivity contribution in [1.29, 1.82) is 0 Å². The van der Waals surface area contributed by atoms with Crippen LogP contribution in [0.5, 0.6) is 0 Å². The number of hydrogen-bond acceptors (Lipinski definition) is 3. The Morgan fingerprint density at radius 2 is 1.92 bits per heavy atom. The second-order valence-corrected chi connectivity index (χ2v) is 6.44. The molecule has 1 N–H and O–H groups in total. The molecule has 1 saturated heterocycles. The first-order chi connectivity index (χ1) is 11.7. The van der Waals surface area contributed by atoms with E-state index in [-0.39, 0.29) is 5.91 Å². The minimum absolute atomic E-state index is 0.123. The van der Waals surface area contributed by atoms with Crippen LogP contribution in [0.15, 0.2) is 42.6 Å². The molecule has 2 heterocycles. The summed E-state index contributed by atoms with van der Waals surface area (Å²) in [6, 6.07) is 12.3. The number of likely N-dealkylation sites (tertiary alicyclic amines) is 1. The van der Waals surface area contributed by atoms with Crippen LogP contribution in [0.1, 0.15) is 40.7 Å². The van der Waals surface area contributed by atoms with Crippen LogP contribution in [0, 0.1) is 6.92 Å². The number of anilines is 1. The maximum absolute atomic E-state index is 12.4. The van der Waals surface area contributed by atoms with E-state index in [0.717, 1.165) is 56.7 Å². The number of amides is 1. The Labute approximate surface area is 143 Å². The van der Waals surface area contributed by atoms with Gasteiger partial charge in [0.1, 0.15) is 5.82 Å². The van der Waals surface area contributed by atoms with Crippen LogP contribution in [-0.2, 0) is 6.42 Å². The predicted molar refractivity (Wildman–Crippen MR) is 97.4 cm³/mol. The van der Waals surface area contributed by atoms with Gasteiger partial charge >= 0.3 is 0 Å². The number of rotatable bonds is 6. The van der Waals surface area contributed by atoms with E-state index in [1.165, 1.54) is 11.1 Å². The van der Waals surface area contributed by atoms with Gasteiger partial charge in [-0.1, -0.05) is 29.8 Å². The fourth-order valence-corrected chi connectivity index (χ4v) is 3.03. The summed E-state index contributed by atoms with van der Waals surface area (Å²) >= 11 is 0. The highest BCUT2D eigenvalue weighted by molar-refractivity contribution is 5.95. The standard InChI is InChI=1S/C20H25N3O/c1-16-6-8-17(9-7-16)5-4-11-21-19-15-18(10-12-22-19)20(24)23-13-2-3-14-23/h6-10,12,15H,2-5,11,13-14H2,1H3,(H,21,22). The molecule has 1 aliphatic heterocycles. The highest BCUT2D eigenvalue weighted by Crippen LogP contribution is 2.15. The summed E-state index contributed by atoms with van der Waals surface area (Å²) in [5.41, 5.74) is 3.38. The molecule has 0 bridgehead atoms. The van der Waals surface area contributed by atoms with E-state index in [1.807, 2.05) is 11.0 Å². The molecule has 1 aromatic heterocycles. The lowest BCUT2D eigenvalue weighted by atomic mass is 10.1. The zero-order chi connectivity index (χ0) is 16.8. The van der Waals surface area contributed by atoms with Crippen LogP contribution in [0.3, 0.4) is 0 Å². The molecular formula is C20H25N3O. The number of benzene rings is 1. The van der Waals surface area contributed by atoms with E-state index >= 15 is 0 Å². The molecule has 0 atom stereocenters. The molecule has 3 rings (SSSR count). The summed E-state index contributed by atoms with van der Waals surface area (Å²) in [6.07, 6.45) is 6.02. The average molecular weight is 323 g/mol. The number of aryl methyl sites for hydroxylation is 2. The lowest BCUT2D eigenvalue weighted by molar-refractivity contribution is 0.0793. The normalized spacial score (nSPS) is 14.0. The first kappa shape index (κ1) is 16.5. The Balaban J connectivity index is 1.49. The number of carbonyl (C=O) groups excluding carboxylic acids is 1. The number of aromatic nitrogens is 1. The number of nitrogens with zero attached hydrogens (tertiary/aromatic N) is 2. The average Bonchev–Trinajstić information content (AvgIpc) is 3.14. The van der Waals surface area contributed by atoms with Gasteiger partial charge < -0.3 is 10.2 Å². The predicted octanol–water partition coefficient (Wildman–Crippen LogP) is 3.67. The van der Waals surface area contributed by atoms with Crippen molar-refractivity contribution in [1.82, 2.24) is 9.88 Å². The minimum atomic E-state index is 0.123. The van der Waals surface area contributed by atoms with Gasteiger partial charge in [0.15, 0.2) is 0 Å². The summed E-state index contributed by atoms with van der Waals surface area (Å²) in [5, 5.41) is 3.33. The van der Waals surface area contributed by atoms with Crippen molar-refractivity contribution in [3.05, 3.63) is 59.3 Å². The summed E-state index contributed by atoms with van der Waals surface area (Å²) in [5.74, 6) is 0.904. The Morgan fingerprint density at radius 3 is 2.67 bits per heavy atom. The molecule has 0 spiro atoms. The van der Waals surface area contributed by atoms with Crippen molar-refractivity contribution < 1.29 is 4.79 Å². The van der Waals surface area contributed by atoms with Gasteiger partial charge in [-0.05, 0) is 50.3 Å². The maximum Gasteiger partial charge on any atom is 0.254 e. The fourth-order valence-electron chi connectivity index (χ4n) is 3.03. The molecular weight excluding hydrogens is 298 g/mol. The molecule has 126 valence electrons. The van der Waals surface area contributed by atoms with Crippen molar-refractivity contribution >= 4 is 11.7 Å². The van der Waals surface area contributed by atoms with Crippen LogP contribution in [0.25, 0.3) is 0 Å². The second kappa shape index (κ2) is 7.95. The lowest BCUT2D eigenvalue weighted by Crippen LogP contribution is -2.27. The van der Waals surface area contributed by atoms with Crippen molar-refractivity contribution in [2.45, 2.75) is 32.6 Å². The summed E-state index contributed by atoms with van der Waals surface area (Å²) < 4.78 is 0. The molecule has 4 heteroatoms. The highest BCUT2D eigenvalue weighted by atomic mass is 16.2. The molecule has 0 unspecified atom stereocenters. The molecule has 0 saturated carbocycles. The van der Waals surface area contributed by atoms with Gasteiger partial charge in [-0.2, -0.15) is 0 Å². The summed E-state index contributed by atoms with van der Waals surface area (Å²) in [7, 11) is 0. The van der Waals surface area contributed by atoms with Gasteiger partial charge in [-0.3, -0.25) is 4.79 Å².